The van der Waals surface area contributed by atoms with Crippen molar-refractivity contribution in [1.82, 2.24) is 4.31 Å². The fourth-order valence-corrected chi connectivity index (χ4v) is 5.57. The highest BCUT2D eigenvalue weighted by Crippen LogP contribution is 2.61. The van der Waals surface area contributed by atoms with Crippen LogP contribution in [0.3, 0.4) is 0 Å². The molecule has 1 saturated carbocycles. The maximum atomic E-state index is 13.1. The predicted molar refractivity (Wildman–Crippen MR) is 106 cm³/mol. The van der Waals surface area contributed by atoms with Crippen molar-refractivity contribution in [3.63, 3.8) is 0 Å². The lowest BCUT2D eigenvalue weighted by molar-refractivity contribution is -0.384. The molecule has 1 fully saturated rings. The second-order valence-electron chi connectivity index (χ2n) is 7.35. The molecule has 4 rings (SSSR count). The Morgan fingerprint density at radius 1 is 1.18 bits per heavy atom. The third-order valence-electron chi connectivity index (χ3n) is 5.74. The molecule has 0 unspecified atom stereocenters. The smallest absolute Gasteiger partial charge is 0.266 e. The van der Waals surface area contributed by atoms with Gasteiger partial charge in [0.25, 0.3) is 15.7 Å². The minimum Gasteiger partial charge on any atom is -0.266 e. The molecule has 0 aromatic heterocycles. The molecule has 3 atom stereocenters. The number of hydrogen-bond acceptors (Lipinski definition) is 4. The molecule has 0 bridgehead atoms. The number of fused-ring (bicyclic) bond motifs is 1. The van der Waals surface area contributed by atoms with E-state index in [2.05, 4.69) is 6.58 Å². The quantitative estimate of drug-likeness (QED) is 0.436. The minimum absolute atomic E-state index is 0.0426. The van der Waals surface area contributed by atoms with Gasteiger partial charge in [-0.05, 0) is 37.0 Å². The van der Waals surface area contributed by atoms with E-state index in [1.165, 1.54) is 16.4 Å². The summed E-state index contributed by atoms with van der Waals surface area (Å²) in [4.78, 5) is 10.7. The number of benzene rings is 2. The average molecular weight is 396 g/mol. The van der Waals surface area contributed by atoms with Crippen molar-refractivity contribution >= 4 is 15.7 Å². The molecule has 0 N–H and O–H groups in total. The maximum Gasteiger partial charge on any atom is 0.269 e. The first-order valence-electron chi connectivity index (χ1n) is 8.97. The van der Waals surface area contributed by atoms with Crippen molar-refractivity contribution in [1.29, 1.82) is 0 Å². The van der Waals surface area contributed by atoms with Gasteiger partial charge in [-0.15, -0.1) is 6.58 Å². The van der Waals surface area contributed by atoms with Gasteiger partial charge >= 0.3 is 0 Å². The lowest BCUT2D eigenvalue weighted by Crippen LogP contribution is -2.40. The number of nitro groups is 1. The second-order valence-corrected chi connectivity index (χ2v) is 9.19. The highest BCUT2D eigenvalue weighted by molar-refractivity contribution is 7.89. The summed E-state index contributed by atoms with van der Waals surface area (Å²) in [6.07, 6.45) is 5.97. The molecule has 0 saturated heterocycles. The van der Waals surface area contributed by atoms with Crippen LogP contribution in [-0.4, -0.2) is 23.7 Å². The van der Waals surface area contributed by atoms with Gasteiger partial charge in [0.15, 0.2) is 0 Å². The monoisotopic (exact) mass is 396 g/mol. The topological polar surface area (TPSA) is 80.5 Å². The Morgan fingerprint density at radius 2 is 1.82 bits per heavy atom. The molecule has 2 aromatic rings. The van der Waals surface area contributed by atoms with Crippen LogP contribution in [0.2, 0.25) is 0 Å². The van der Waals surface area contributed by atoms with E-state index < -0.39 is 14.9 Å². The van der Waals surface area contributed by atoms with E-state index in [1.807, 2.05) is 13.0 Å². The number of rotatable bonds is 5. The van der Waals surface area contributed by atoms with E-state index in [-0.39, 0.29) is 28.0 Å². The Kier molecular flexibility index (Phi) is 4.15. The lowest BCUT2D eigenvalue weighted by atomic mass is 9.89. The van der Waals surface area contributed by atoms with Gasteiger partial charge in [-0.25, -0.2) is 8.42 Å². The normalized spacial score (nSPS) is 25.8. The van der Waals surface area contributed by atoms with E-state index in [0.29, 0.717) is 0 Å². The fourth-order valence-electron chi connectivity index (χ4n) is 4.07. The van der Waals surface area contributed by atoms with Gasteiger partial charge in [0.1, 0.15) is 0 Å². The summed E-state index contributed by atoms with van der Waals surface area (Å²) >= 11 is 0. The first kappa shape index (κ1) is 18.4. The number of hydrogen-bond donors (Lipinski definition) is 0. The molecule has 0 spiro atoms. The first-order valence-corrected chi connectivity index (χ1v) is 10.4. The number of aryl methyl sites for hydroxylation is 1. The van der Waals surface area contributed by atoms with Crippen LogP contribution in [0.5, 0.6) is 0 Å². The van der Waals surface area contributed by atoms with Crippen molar-refractivity contribution < 1.29 is 13.3 Å². The molecule has 0 radical (unpaired) electrons. The zero-order chi connectivity index (χ0) is 20.1. The number of nitrogens with zero attached hydrogens (tertiary/aromatic N) is 2. The van der Waals surface area contributed by atoms with Crippen LogP contribution in [0.4, 0.5) is 5.69 Å². The molecular weight excluding hydrogens is 376 g/mol. The maximum absolute atomic E-state index is 13.1. The molecule has 2 aliphatic rings. The second kappa shape index (κ2) is 6.31. The fraction of sp³-hybridized carbons (Fsp3) is 0.238. The van der Waals surface area contributed by atoms with Crippen LogP contribution in [0.25, 0.3) is 0 Å². The highest BCUT2D eigenvalue weighted by Gasteiger charge is 2.60. The van der Waals surface area contributed by atoms with Gasteiger partial charge in [-0.3, -0.25) is 14.4 Å². The zero-order valence-electron chi connectivity index (χ0n) is 15.4. The Balaban J connectivity index is 1.69. The molecule has 1 heterocycles. The van der Waals surface area contributed by atoms with Crippen LogP contribution >= 0.6 is 0 Å². The summed E-state index contributed by atoms with van der Waals surface area (Å²) in [5, 5.41) is 10.9. The molecule has 1 aliphatic carbocycles. The molecule has 144 valence electrons. The van der Waals surface area contributed by atoms with Crippen molar-refractivity contribution in [3.8, 4) is 0 Å². The SMILES string of the molecule is C=C[C@H]1[C@@H]2C[C@]2(c2ccc([N+](=O)[O-])cc2)C=CN1S(=O)(=O)c1ccc(C)cc1. The number of allylic oxidation sites excluding steroid dienone is 1. The van der Waals surface area contributed by atoms with Crippen LogP contribution in [0, 0.1) is 23.0 Å². The summed E-state index contributed by atoms with van der Waals surface area (Å²) in [5.74, 6) is 0.0525. The zero-order valence-corrected chi connectivity index (χ0v) is 16.2. The van der Waals surface area contributed by atoms with Crippen LogP contribution in [0.1, 0.15) is 17.5 Å². The van der Waals surface area contributed by atoms with Gasteiger partial charge in [0.05, 0.1) is 15.9 Å². The van der Waals surface area contributed by atoms with Crippen molar-refractivity contribution in [3.05, 3.63) is 94.7 Å². The van der Waals surface area contributed by atoms with Gasteiger partial charge in [-0.2, -0.15) is 0 Å². The third-order valence-corrected chi connectivity index (χ3v) is 7.53. The Morgan fingerprint density at radius 3 is 2.39 bits per heavy atom. The van der Waals surface area contributed by atoms with E-state index in [4.69, 9.17) is 0 Å². The van der Waals surface area contributed by atoms with Crippen molar-refractivity contribution in [2.75, 3.05) is 0 Å². The molecule has 28 heavy (non-hydrogen) atoms. The summed E-state index contributed by atoms with van der Waals surface area (Å²) in [5.41, 5.74) is 1.69. The summed E-state index contributed by atoms with van der Waals surface area (Å²) in [6, 6.07) is 12.9. The van der Waals surface area contributed by atoms with Gasteiger partial charge in [0, 0.05) is 23.7 Å². The summed E-state index contributed by atoms with van der Waals surface area (Å²) in [7, 11) is -3.69. The highest BCUT2D eigenvalue weighted by atomic mass is 32.2. The average Bonchev–Trinajstić information content (AvgIpc) is 3.43. The largest absolute Gasteiger partial charge is 0.269 e. The molecule has 1 aliphatic heterocycles. The molecule has 7 heteroatoms. The summed E-state index contributed by atoms with van der Waals surface area (Å²) in [6.45, 7) is 5.77. The van der Waals surface area contributed by atoms with E-state index in [1.54, 1.807) is 48.7 Å². The number of nitro benzene ring substituents is 1. The minimum atomic E-state index is -3.69. The molecule has 2 aromatic carbocycles. The van der Waals surface area contributed by atoms with Gasteiger partial charge in [-0.1, -0.05) is 42.0 Å². The van der Waals surface area contributed by atoms with Gasteiger partial charge < -0.3 is 0 Å². The standard InChI is InChI=1S/C21H20N2O4S/c1-3-20-19-14-21(19,16-6-8-17(9-7-16)23(24)25)12-13-22(20)28(26,27)18-10-4-15(2)5-11-18/h3-13,19-20H,1,14H2,2H3/t19-,20-,21-/m0/s1. The first-order chi connectivity index (χ1) is 13.3. The lowest BCUT2D eigenvalue weighted by Gasteiger charge is -2.33. The van der Waals surface area contributed by atoms with Crippen LogP contribution < -0.4 is 0 Å². The van der Waals surface area contributed by atoms with Gasteiger partial charge in [0.2, 0.25) is 0 Å². The third kappa shape index (κ3) is 2.74. The van der Waals surface area contributed by atoms with E-state index in [0.717, 1.165) is 17.5 Å². The van der Waals surface area contributed by atoms with Crippen molar-refractivity contribution in [2.24, 2.45) is 5.92 Å². The summed E-state index contributed by atoms with van der Waals surface area (Å²) < 4.78 is 27.7. The van der Waals surface area contributed by atoms with E-state index in [9.17, 15) is 18.5 Å². The number of sulfonamides is 1. The van der Waals surface area contributed by atoms with Crippen LogP contribution in [0.15, 0.2) is 78.4 Å². The molecule has 6 nitrogen and oxygen atoms in total. The Labute approximate surface area is 164 Å². The number of non-ortho nitro benzene ring substituents is 1. The Hall–Kier alpha value is -2.93. The molecular formula is C21H20N2O4S. The Bertz CT molecular complexity index is 1070. The predicted octanol–water partition coefficient (Wildman–Crippen LogP) is 3.93. The van der Waals surface area contributed by atoms with Crippen molar-refractivity contribution in [2.45, 2.75) is 29.7 Å². The van der Waals surface area contributed by atoms with Crippen LogP contribution in [-0.2, 0) is 15.4 Å². The van der Waals surface area contributed by atoms with E-state index >= 15 is 0 Å². The molecule has 0 amide bonds.